The van der Waals surface area contributed by atoms with Crippen LogP contribution in [0.1, 0.15) is 11.1 Å². The third-order valence-corrected chi connectivity index (χ3v) is 3.09. The zero-order valence-electron chi connectivity index (χ0n) is 10.8. The Bertz CT molecular complexity index is 659. The summed E-state index contributed by atoms with van der Waals surface area (Å²) in [6.07, 6.45) is 0. The molecule has 2 N–H and O–H groups in total. The van der Waals surface area contributed by atoms with Gasteiger partial charge in [0, 0.05) is 23.2 Å². The Morgan fingerprint density at radius 1 is 1.30 bits per heavy atom. The number of nitrogens with zero attached hydrogens (tertiary/aromatic N) is 1. The first-order chi connectivity index (χ1) is 9.47. The van der Waals surface area contributed by atoms with Crippen molar-refractivity contribution in [3.8, 4) is 5.75 Å². The molecule has 0 bridgehead atoms. The van der Waals surface area contributed by atoms with Crippen molar-refractivity contribution in [1.29, 1.82) is 0 Å². The van der Waals surface area contributed by atoms with Crippen molar-refractivity contribution in [2.75, 3.05) is 5.32 Å². The van der Waals surface area contributed by atoms with Crippen LogP contribution in [0.3, 0.4) is 0 Å². The summed E-state index contributed by atoms with van der Waals surface area (Å²) < 4.78 is 0. The van der Waals surface area contributed by atoms with Crippen LogP contribution in [0.15, 0.2) is 36.4 Å². The van der Waals surface area contributed by atoms with E-state index in [1.165, 1.54) is 12.1 Å². The predicted molar refractivity (Wildman–Crippen MR) is 78.3 cm³/mol. The number of hydrogen-bond donors (Lipinski definition) is 2. The van der Waals surface area contributed by atoms with E-state index < -0.39 is 4.92 Å². The van der Waals surface area contributed by atoms with Crippen molar-refractivity contribution in [2.45, 2.75) is 13.5 Å². The fourth-order valence-corrected chi connectivity index (χ4v) is 2.03. The summed E-state index contributed by atoms with van der Waals surface area (Å²) in [7, 11) is 0. The molecule has 0 unspecified atom stereocenters. The second-order valence-electron chi connectivity index (χ2n) is 4.40. The lowest BCUT2D eigenvalue weighted by molar-refractivity contribution is -0.384. The summed E-state index contributed by atoms with van der Waals surface area (Å²) in [6, 6.07) is 9.51. The first kappa shape index (κ1) is 14.1. The zero-order valence-corrected chi connectivity index (χ0v) is 11.5. The number of phenols is 1. The van der Waals surface area contributed by atoms with Crippen LogP contribution < -0.4 is 5.32 Å². The van der Waals surface area contributed by atoms with Gasteiger partial charge in [0.15, 0.2) is 0 Å². The minimum absolute atomic E-state index is 0.00267. The van der Waals surface area contributed by atoms with Crippen LogP contribution in [0.25, 0.3) is 0 Å². The van der Waals surface area contributed by atoms with Crippen molar-refractivity contribution in [3.05, 3.63) is 62.7 Å². The van der Waals surface area contributed by atoms with Crippen LogP contribution in [-0.2, 0) is 6.54 Å². The standard InChI is InChI=1S/C14H13ClN2O3/c1-9-2-4-13(17(19)20)12(6-9)16-8-10-7-11(15)3-5-14(10)18/h2-7,16,18H,8H2,1H3. The Balaban J connectivity index is 2.24. The van der Waals surface area contributed by atoms with E-state index in [1.807, 2.05) is 6.92 Å². The molecule has 2 rings (SSSR count). The molecule has 0 saturated heterocycles. The first-order valence-corrected chi connectivity index (χ1v) is 6.31. The smallest absolute Gasteiger partial charge is 0.292 e. The monoisotopic (exact) mass is 292 g/mol. The molecule has 0 fully saturated rings. The maximum atomic E-state index is 11.0. The van der Waals surface area contributed by atoms with Gasteiger partial charge in [0.05, 0.1) is 4.92 Å². The topological polar surface area (TPSA) is 75.4 Å². The first-order valence-electron chi connectivity index (χ1n) is 5.93. The molecule has 0 radical (unpaired) electrons. The quantitative estimate of drug-likeness (QED) is 0.662. The van der Waals surface area contributed by atoms with E-state index in [1.54, 1.807) is 24.3 Å². The maximum absolute atomic E-state index is 11.0. The summed E-state index contributed by atoms with van der Waals surface area (Å²) >= 11 is 5.86. The number of nitro groups is 1. The molecule has 104 valence electrons. The number of anilines is 1. The van der Waals surface area contributed by atoms with Crippen LogP contribution in [0.5, 0.6) is 5.75 Å². The molecule has 0 atom stereocenters. The predicted octanol–water partition coefficient (Wildman–Crippen LogP) is 3.87. The van der Waals surface area contributed by atoms with Crippen molar-refractivity contribution >= 4 is 23.0 Å². The number of halogens is 1. The second-order valence-corrected chi connectivity index (χ2v) is 4.84. The SMILES string of the molecule is Cc1ccc([N+](=O)[O-])c(NCc2cc(Cl)ccc2O)c1. The molecular weight excluding hydrogens is 280 g/mol. The fraction of sp³-hybridized carbons (Fsp3) is 0.143. The van der Waals surface area contributed by atoms with E-state index in [9.17, 15) is 15.2 Å². The average Bonchev–Trinajstić information content (AvgIpc) is 2.39. The van der Waals surface area contributed by atoms with E-state index in [-0.39, 0.29) is 18.0 Å². The van der Waals surface area contributed by atoms with Crippen LogP contribution >= 0.6 is 11.6 Å². The van der Waals surface area contributed by atoms with Gasteiger partial charge in [-0.05, 0) is 36.8 Å². The normalized spacial score (nSPS) is 10.3. The molecule has 2 aromatic carbocycles. The second kappa shape index (κ2) is 5.79. The van der Waals surface area contributed by atoms with Crippen LogP contribution in [0.2, 0.25) is 5.02 Å². The van der Waals surface area contributed by atoms with E-state index in [0.717, 1.165) is 5.56 Å². The minimum atomic E-state index is -0.445. The van der Waals surface area contributed by atoms with Crippen molar-refractivity contribution in [3.63, 3.8) is 0 Å². The molecule has 0 amide bonds. The lowest BCUT2D eigenvalue weighted by Crippen LogP contribution is -2.03. The highest BCUT2D eigenvalue weighted by Gasteiger charge is 2.13. The lowest BCUT2D eigenvalue weighted by Gasteiger charge is -2.09. The van der Waals surface area contributed by atoms with Crippen molar-refractivity contribution in [2.24, 2.45) is 0 Å². The number of benzene rings is 2. The molecule has 2 aromatic rings. The van der Waals surface area contributed by atoms with Gasteiger partial charge in [-0.25, -0.2) is 0 Å². The van der Waals surface area contributed by atoms with Gasteiger partial charge in [-0.3, -0.25) is 10.1 Å². The molecule has 5 nitrogen and oxygen atoms in total. The van der Waals surface area contributed by atoms with Crippen LogP contribution in [-0.4, -0.2) is 10.0 Å². The van der Waals surface area contributed by atoms with Crippen molar-refractivity contribution < 1.29 is 10.0 Å². The molecule has 0 heterocycles. The van der Waals surface area contributed by atoms with Crippen molar-refractivity contribution in [1.82, 2.24) is 0 Å². The van der Waals surface area contributed by atoms with Gasteiger partial charge in [0.1, 0.15) is 11.4 Å². The summed E-state index contributed by atoms with van der Waals surface area (Å²) in [6.45, 7) is 2.10. The van der Waals surface area contributed by atoms with Gasteiger partial charge >= 0.3 is 0 Å². The van der Waals surface area contributed by atoms with Gasteiger partial charge in [-0.15, -0.1) is 0 Å². The van der Waals surface area contributed by atoms with Gasteiger partial charge in [-0.1, -0.05) is 17.7 Å². The van der Waals surface area contributed by atoms with Gasteiger partial charge in [0.25, 0.3) is 5.69 Å². The molecule has 0 aliphatic heterocycles. The zero-order chi connectivity index (χ0) is 14.7. The largest absolute Gasteiger partial charge is 0.508 e. The third kappa shape index (κ3) is 3.19. The van der Waals surface area contributed by atoms with E-state index in [2.05, 4.69) is 5.32 Å². The Hall–Kier alpha value is -2.27. The molecular formula is C14H13ClN2O3. The molecule has 0 saturated carbocycles. The number of nitrogens with one attached hydrogen (secondary N) is 1. The molecule has 0 aromatic heterocycles. The number of aromatic hydroxyl groups is 1. The van der Waals surface area contributed by atoms with Gasteiger partial charge < -0.3 is 10.4 Å². The highest BCUT2D eigenvalue weighted by molar-refractivity contribution is 6.30. The number of phenolic OH excluding ortho intramolecular Hbond substituents is 1. The number of nitro benzene ring substituents is 1. The lowest BCUT2D eigenvalue weighted by atomic mass is 10.1. The molecule has 0 spiro atoms. The summed E-state index contributed by atoms with van der Waals surface area (Å²) in [5.41, 5.74) is 1.90. The Kier molecular flexibility index (Phi) is 4.10. The Labute approximate surface area is 121 Å². The molecule has 0 aliphatic rings. The summed E-state index contributed by atoms with van der Waals surface area (Å²) in [5, 5.41) is 24.1. The average molecular weight is 293 g/mol. The summed E-state index contributed by atoms with van der Waals surface area (Å²) in [5.74, 6) is 0.0946. The van der Waals surface area contributed by atoms with E-state index in [4.69, 9.17) is 11.6 Å². The maximum Gasteiger partial charge on any atom is 0.292 e. The van der Waals surface area contributed by atoms with Gasteiger partial charge in [0.2, 0.25) is 0 Å². The Morgan fingerprint density at radius 2 is 2.05 bits per heavy atom. The van der Waals surface area contributed by atoms with Crippen LogP contribution in [0, 0.1) is 17.0 Å². The van der Waals surface area contributed by atoms with Gasteiger partial charge in [-0.2, -0.15) is 0 Å². The van der Waals surface area contributed by atoms with E-state index in [0.29, 0.717) is 16.3 Å². The van der Waals surface area contributed by atoms with Crippen LogP contribution in [0.4, 0.5) is 11.4 Å². The molecule has 20 heavy (non-hydrogen) atoms. The summed E-state index contributed by atoms with van der Waals surface area (Å²) in [4.78, 5) is 10.5. The minimum Gasteiger partial charge on any atom is -0.508 e. The molecule has 6 heteroatoms. The highest BCUT2D eigenvalue weighted by Crippen LogP contribution is 2.27. The number of rotatable bonds is 4. The number of aryl methyl sites for hydroxylation is 1. The van der Waals surface area contributed by atoms with E-state index >= 15 is 0 Å². The Morgan fingerprint density at radius 3 is 2.75 bits per heavy atom. The fourth-order valence-electron chi connectivity index (χ4n) is 1.84. The third-order valence-electron chi connectivity index (χ3n) is 2.86. The highest BCUT2D eigenvalue weighted by atomic mass is 35.5. The number of hydrogen-bond acceptors (Lipinski definition) is 4. The molecule has 0 aliphatic carbocycles.